The Hall–Kier alpha value is -0.120. The van der Waals surface area contributed by atoms with Gasteiger partial charge in [0, 0.05) is 18.7 Å². The van der Waals surface area contributed by atoms with E-state index in [2.05, 4.69) is 10.6 Å². The fourth-order valence-electron chi connectivity index (χ4n) is 5.03. The fraction of sp³-hybridized carbons (Fsp3) is 1.00. The minimum atomic E-state index is 0.424. The van der Waals surface area contributed by atoms with E-state index in [9.17, 15) is 0 Å². The molecule has 3 unspecified atom stereocenters. The van der Waals surface area contributed by atoms with Crippen molar-refractivity contribution in [2.24, 2.45) is 11.8 Å². The third-order valence-corrected chi connectivity index (χ3v) is 5.78. The summed E-state index contributed by atoms with van der Waals surface area (Å²) in [6.45, 7) is 0.964. The maximum absolute atomic E-state index is 5.88. The summed E-state index contributed by atoms with van der Waals surface area (Å²) in [7, 11) is 0. The summed E-state index contributed by atoms with van der Waals surface area (Å²) in [6, 6.07) is 1.54. The zero-order chi connectivity index (χ0) is 11.9. The molecular formula is C15H26N2O. The van der Waals surface area contributed by atoms with Gasteiger partial charge in [-0.1, -0.05) is 25.7 Å². The molecule has 4 rings (SSSR count). The van der Waals surface area contributed by atoms with Crippen LogP contribution in [-0.4, -0.2) is 31.0 Å². The lowest BCUT2D eigenvalue weighted by molar-refractivity contribution is -0.0131. The molecule has 4 aliphatic rings. The average Bonchev–Trinajstić information content (AvgIpc) is 2.93. The van der Waals surface area contributed by atoms with Crippen LogP contribution in [0.2, 0.25) is 0 Å². The molecule has 4 fully saturated rings. The van der Waals surface area contributed by atoms with Crippen molar-refractivity contribution in [1.29, 1.82) is 0 Å². The molecule has 102 valence electrons. The third-order valence-electron chi connectivity index (χ3n) is 5.78. The average molecular weight is 250 g/mol. The van der Waals surface area contributed by atoms with E-state index >= 15 is 0 Å². The summed E-state index contributed by atoms with van der Waals surface area (Å²) >= 11 is 0. The third kappa shape index (κ3) is 1.91. The molecular weight excluding hydrogens is 224 g/mol. The van der Waals surface area contributed by atoms with Gasteiger partial charge in [-0.3, -0.25) is 10.6 Å². The monoisotopic (exact) mass is 250 g/mol. The first kappa shape index (κ1) is 11.7. The standard InChI is InChI=1S/C15H26N2O/c1-4-10-5-2-7-12-14(10)11(6-1)16-15(17-12)13-8-3-9-18-13/h10-17H,1-9H2. The van der Waals surface area contributed by atoms with Crippen molar-refractivity contribution in [2.45, 2.75) is 75.7 Å². The zero-order valence-corrected chi connectivity index (χ0v) is 11.2. The quantitative estimate of drug-likeness (QED) is 0.747. The van der Waals surface area contributed by atoms with E-state index in [4.69, 9.17) is 4.74 Å². The Kier molecular flexibility index (Phi) is 3.10. The maximum Gasteiger partial charge on any atom is 0.0860 e. The van der Waals surface area contributed by atoms with Crippen LogP contribution in [0.4, 0.5) is 0 Å². The van der Waals surface area contributed by atoms with Gasteiger partial charge in [0.1, 0.15) is 0 Å². The summed E-state index contributed by atoms with van der Waals surface area (Å²) in [5, 5.41) is 7.78. The molecule has 3 atom stereocenters. The molecule has 18 heavy (non-hydrogen) atoms. The Morgan fingerprint density at radius 1 is 0.778 bits per heavy atom. The summed E-state index contributed by atoms with van der Waals surface area (Å²) in [4.78, 5) is 0. The Morgan fingerprint density at radius 3 is 2.11 bits per heavy atom. The van der Waals surface area contributed by atoms with Gasteiger partial charge in [-0.2, -0.15) is 0 Å². The second-order valence-corrected chi connectivity index (χ2v) is 6.77. The smallest absolute Gasteiger partial charge is 0.0860 e. The van der Waals surface area contributed by atoms with E-state index in [0.717, 1.165) is 30.5 Å². The zero-order valence-electron chi connectivity index (χ0n) is 11.2. The van der Waals surface area contributed by atoms with E-state index in [1.165, 1.54) is 51.4 Å². The summed E-state index contributed by atoms with van der Waals surface area (Å²) in [5.41, 5.74) is 0. The first-order chi connectivity index (χ1) is 8.92. The second kappa shape index (κ2) is 4.77. The minimum absolute atomic E-state index is 0.424. The van der Waals surface area contributed by atoms with E-state index < -0.39 is 0 Å². The summed E-state index contributed by atoms with van der Waals surface area (Å²) in [5.74, 6) is 1.90. The fourth-order valence-corrected chi connectivity index (χ4v) is 5.03. The first-order valence-corrected chi connectivity index (χ1v) is 8.05. The van der Waals surface area contributed by atoms with Crippen LogP contribution in [0, 0.1) is 11.8 Å². The van der Waals surface area contributed by atoms with Crippen LogP contribution in [0.1, 0.15) is 51.4 Å². The molecule has 0 radical (unpaired) electrons. The molecule has 2 heterocycles. The molecule has 2 saturated heterocycles. The lowest BCUT2D eigenvalue weighted by atomic mass is 9.65. The number of nitrogens with one attached hydrogen (secondary N) is 2. The lowest BCUT2D eigenvalue weighted by Gasteiger charge is -2.53. The van der Waals surface area contributed by atoms with Crippen molar-refractivity contribution in [3.05, 3.63) is 0 Å². The highest BCUT2D eigenvalue weighted by molar-refractivity contribution is 5.02. The molecule has 0 spiro atoms. The molecule has 0 aromatic rings. The predicted octanol–water partition coefficient (Wildman–Crippen LogP) is 2.02. The Morgan fingerprint density at radius 2 is 1.50 bits per heavy atom. The van der Waals surface area contributed by atoms with E-state index in [1.807, 2.05) is 0 Å². The number of hydrogen-bond donors (Lipinski definition) is 2. The summed E-state index contributed by atoms with van der Waals surface area (Å²) < 4.78 is 5.88. The van der Waals surface area contributed by atoms with Crippen LogP contribution < -0.4 is 10.6 Å². The minimum Gasteiger partial charge on any atom is -0.375 e. The maximum atomic E-state index is 5.88. The van der Waals surface area contributed by atoms with Gasteiger partial charge in [-0.25, -0.2) is 0 Å². The van der Waals surface area contributed by atoms with Crippen molar-refractivity contribution in [3.63, 3.8) is 0 Å². The predicted molar refractivity (Wildman–Crippen MR) is 71.3 cm³/mol. The lowest BCUT2D eigenvalue weighted by Crippen LogP contribution is -2.69. The van der Waals surface area contributed by atoms with Crippen molar-refractivity contribution >= 4 is 0 Å². The van der Waals surface area contributed by atoms with Gasteiger partial charge in [0.15, 0.2) is 0 Å². The number of rotatable bonds is 1. The molecule has 2 aliphatic heterocycles. The summed E-state index contributed by atoms with van der Waals surface area (Å²) in [6.07, 6.45) is 11.9. The van der Waals surface area contributed by atoms with Crippen LogP contribution in [0.25, 0.3) is 0 Å². The normalized spacial score (nSPS) is 52.0. The molecule has 0 bridgehead atoms. The second-order valence-electron chi connectivity index (χ2n) is 6.77. The van der Waals surface area contributed by atoms with Crippen molar-refractivity contribution in [2.75, 3.05) is 6.61 Å². The Labute approximate surface area is 110 Å². The highest BCUT2D eigenvalue weighted by Crippen LogP contribution is 2.42. The molecule has 3 heteroatoms. The van der Waals surface area contributed by atoms with Gasteiger partial charge in [0.05, 0.1) is 12.3 Å². The van der Waals surface area contributed by atoms with Crippen LogP contribution in [0.15, 0.2) is 0 Å². The molecule has 3 nitrogen and oxygen atoms in total. The van der Waals surface area contributed by atoms with Crippen LogP contribution in [-0.2, 0) is 4.74 Å². The van der Waals surface area contributed by atoms with Crippen molar-refractivity contribution in [3.8, 4) is 0 Å². The molecule has 0 aromatic carbocycles. The van der Waals surface area contributed by atoms with Gasteiger partial charge in [-0.05, 0) is 37.5 Å². The molecule has 2 N–H and O–H groups in total. The first-order valence-electron chi connectivity index (χ1n) is 8.05. The van der Waals surface area contributed by atoms with Crippen molar-refractivity contribution < 1.29 is 4.74 Å². The van der Waals surface area contributed by atoms with E-state index in [1.54, 1.807) is 0 Å². The van der Waals surface area contributed by atoms with Crippen LogP contribution in [0.5, 0.6) is 0 Å². The van der Waals surface area contributed by atoms with Crippen LogP contribution in [0.3, 0.4) is 0 Å². The SMILES string of the molecule is C1CC2CCCC3NC(C4CCCO4)NC(C1)C23. The van der Waals surface area contributed by atoms with Gasteiger partial charge >= 0.3 is 0 Å². The van der Waals surface area contributed by atoms with E-state index in [-0.39, 0.29) is 0 Å². The Bertz CT molecular complexity index is 283. The van der Waals surface area contributed by atoms with Gasteiger partial charge in [0.25, 0.3) is 0 Å². The number of hydrogen-bond acceptors (Lipinski definition) is 3. The number of ether oxygens (including phenoxy) is 1. The van der Waals surface area contributed by atoms with Gasteiger partial charge in [0.2, 0.25) is 0 Å². The van der Waals surface area contributed by atoms with Gasteiger partial charge < -0.3 is 4.74 Å². The highest BCUT2D eigenvalue weighted by Gasteiger charge is 2.46. The Balaban J connectivity index is 1.51. The molecule has 2 saturated carbocycles. The van der Waals surface area contributed by atoms with E-state index in [0.29, 0.717) is 12.3 Å². The molecule has 2 aliphatic carbocycles. The molecule has 0 aromatic heterocycles. The largest absolute Gasteiger partial charge is 0.375 e. The highest BCUT2D eigenvalue weighted by atomic mass is 16.5. The van der Waals surface area contributed by atoms with Gasteiger partial charge in [-0.15, -0.1) is 0 Å². The molecule has 0 amide bonds. The topological polar surface area (TPSA) is 33.3 Å². The van der Waals surface area contributed by atoms with Crippen LogP contribution >= 0.6 is 0 Å². The van der Waals surface area contributed by atoms with Crippen molar-refractivity contribution in [1.82, 2.24) is 10.6 Å².